The van der Waals surface area contributed by atoms with Crippen LogP contribution in [-0.2, 0) is 0 Å². The molecule has 5 radical (unpaired) electrons. The second-order valence-electron chi connectivity index (χ2n) is 2.38. The van der Waals surface area contributed by atoms with E-state index in [1.165, 1.54) is 0 Å². The first kappa shape index (κ1) is 10.4. The van der Waals surface area contributed by atoms with Gasteiger partial charge < -0.3 is 0 Å². The van der Waals surface area contributed by atoms with Crippen LogP contribution in [0.5, 0.6) is 0 Å². The van der Waals surface area contributed by atoms with Gasteiger partial charge in [0.1, 0.15) is 0 Å². The Kier molecular flexibility index (Phi) is 4.99. The minimum absolute atomic E-state index is 0. The third-order valence-electron chi connectivity index (χ3n) is 0.375. The van der Waals surface area contributed by atoms with Gasteiger partial charge in [0.2, 0.25) is 0 Å². The van der Waals surface area contributed by atoms with Gasteiger partial charge in [-0.05, 0) is 27.2 Å². The van der Waals surface area contributed by atoms with Crippen molar-refractivity contribution >= 4 is 23.9 Å². The van der Waals surface area contributed by atoms with Crippen LogP contribution in [0, 0.1) is 17.8 Å². The van der Waals surface area contributed by atoms with E-state index >= 15 is 0 Å². The second kappa shape index (κ2) is 3.37. The van der Waals surface area contributed by atoms with Gasteiger partial charge in [0, 0.05) is 33.6 Å². The number of hydrogen-bond acceptors (Lipinski definition) is 0. The van der Waals surface area contributed by atoms with Crippen LogP contribution in [0.1, 0.15) is 25.1 Å². The van der Waals surface area contributed by atoms with Crippen LogP contribution in [0.2, 0.25) is 0 Å². The smallest absolute Gasteiger partial charge is 0.0240 e. The molecule has 0 amide bonds. The first-order valence-corrected chi connectivity index (χ1v) is 2.00. The SMILES string of the molecule is [C]#CC(C)(C)C.[HH].[HH].[HH].[Sn]. The van der Waals surface area contributed by atoms with E-state index in [1.54, 1.807) is 0 Å². The van der Waals surface area contributed by atoms with Crippen molar-refractivity contribution in [2.45, 2.75) is 20.8 Å². The van der Waals surface area contributed by atoms with Crippen LogP contribution in [0.4, 0.5) is 0 Å². The van der Waals surface area contributed by atoms with Crippen molar-refractivity contribution in [1.82, 2.24) is 0 Å². The van der Waals surface area contributed by atoms with Gasteiger partial charge in [-0.1, -0.05) is 5.92 Å². The van der Waals surface area contributed by atoms with E-state index in [9.17, 15) is 0 Å². The molecule has 0 spiro atoms. The van der Waals surface area contributed by atoms with Gasteiger partial charge in [-0.25, -0.2) is 0 Å². The van der Waals surface area contributed by atoms with Crippen LogP contribution in [-0.4, -0.2) is 23.9 Å². The second-order valence-corrected chi connectivity index (χ2v) is 2.38. The molecule has 0 rings (SSSR count). The van der Waals surface area contributed by atoms with Gasteiger partial charge in [0.15, 0.2) is 0 Å². The maximum absolute atomic E-state index is 6.60. The normalized spacial score (nSPS) is 8.86. The Labute approximate surface area is 67.1 Å². The fraction of sp³-hybridized carbons (Fsp3) is 0.667. The first-order chi connectivity index (χ1) is 2.56. The Bertz CT molecular complexity index is 80.0. The molecule has 7 heavy (non-hydrogen) atoms. The maximum Gasteiger partial charge on any atom is 0.0240 e. The van der Waals surface area contributed by atoms with Crippen LogP contribution >= 0.6 is 0 Å². The summed E-state index contributed by atoms with van der Waals surface area (Å²) in [7, 11) is 0. The molecular formula is C6H15Sn. The summed E-state index contributed by atoms with van der Waals surface area (Å²) in [6, 6.07) is 0. The summed E-state index contributed by atoms with van der Waals surface area (Å²) >= 11 is 0. The Hall–Kier alpha value is 0.359. The monoisotopic (exact) mass is 207 g/mol. The summed E-state index contributed by atoms with van der Waals surface area (Å²) in [6.45, 7) is 5.83. The summed E-state index contributed by atoms with van der Waals surface area (Å²) in [5.74, 6) is 2.35. The van der Waals surface area contributed by atoms with Crippen molar-refractivity contribution in [2.75, 3.05) is 0 Å². The molecule has 0 aliphatic carbocycles. The van der Waals surface area contributed by atoms with E-state index < -0.39 is 0 Å². The summed E-state index contributed by atoms with van der Waals surface area (Å²) in [5.41, 5.74) is -0.0417. The largest absolute Gasteiger partial charge is 0.0832 e. The van der Waals surface area contributed by atoms with Crippen LogP contribution in [0.15, 0.2) is 0 Å². The van der Waals surface area contributed by atoms with Crippen molar-refractivity contribution in [3.8, 4) is 5.92 Å². The molecule has 0 unspecified atom stereocenters. The molecule has 0 fully saturated rings. The zero-order valence-corrected chi connectivity index (χ0v) is 7.85. The molecule has 0 nitrogen and oxygen atoms in total. The summed E-state index contributed by atoms with van der Waals surface area (Å²) in [4.78, 5) is 0. The van der Waals surface area contributed by atoms with Crippen molar-refractivity contribution in [1.29, 1.82) is 0 Å². The molecule has 0 N–H and O–H groups in total. The van der Waals surface area contributed by atoms with E-state index in [4.69, 9.17) is 6.42 Å². The van der Waals surface area contributed by atoms with E-state index in [1.807, 2.05) is 20.8 Å². The average Bonchev–Trinajstić information content (AvgIpc) is 1.35. The Balaban J connectivity index is -0.0000000208. The third kappa shape index (κ3) is 10.7. The standard InChI is InChI=1S/C6H9.Sn.3H2/c1-5-6(2,3)4;;;;/h2-4H3;;3*1H. The molecule has 0 aromatic rings. The van der Waals surface area contributed by atoms with Gasteiger partial charge in [0.05, 0.1) is 0 Å². The number of rotatable bonds is 0. The molecule has 0 aromatic carbocycles. The minimum Gasteiger partial charge on any atom is -0.0832 e. The molecular weight excluding hydrogens is 191 g/mol. The topological polar surface area (TPSA) is 0 Å². The number of hydrogen-bond donors (Lipinski definition) is 0. The summed E-state index contributed by atoms with van der Waals surface area (Å²) < 4.78 is 0. The van der Waals surface area contributed by atoms with Crippen LogP contribution in [0.25, 0.3) is 0 Å². The molecule has 0 aliphatic heterocycles. The van der Waals surface area contributed by atoms with Crippen molar-refractivity contribution in [2.24, 2.45) is 5.41 Å². The van der Waals surface area contributed by atoms with E-state index in [-0.39, 0.29) is 33.6 Å². The molecule has 0 heterocycles. The van der Waals surface area contributed by atoms with Crippen molar-refractivity contribution < 1.29 is 4.28 Å². The van der Waals surface area contributed by atoms with E-state index in [0.717, 1.165) is 0 Å². The van der Waals surface area contributed by atoms with Gasteiger partial charge in [0.25, 0.3) is 0 Å². The van der Waals surface area contributed by atoms with Crippen molar-refractivity contribution in [3.05, 3.63) is 6.42 Å². The molecule has 0 saturated carbocycles. The Morgan fingerprint density at radius 3 is 1.57 bits per heavy atom. The first-order valence-electron chi connectivity index (χ1n) is 2.00. The summed E-state index contributed by atoms with van der Waals surface area (Å²) in [5, 5.41) is 0. The quantitative estimate of drug-likeness (QED) is 0.419. The Morgan fingerprint density at radius 2 is 1.57 bits per heavy atom. The van der Waals surface area contributed by atoms with Crippen LogP contribution in [0.3, 0.4) is 0 Å². The third-order valence-corrected chi connectivity index (χ3v) is 0.375. The molecule has 0 aliphatic rings. The zero-order chi connectivity index (χ0) is 5.21. The fourth-order valence-corrected chi connectivity index (χ4v) is 0. The Morgan fingerprint density at radius 1 is 1.43 bits per heavy atom. The molecule has 0 saturated heterocycles. The molecule has 0 atom stereocenters. The average molecular weight is 206 g/mol. The molecule has 0 aromatic heterocycles. The minimum atomic E-state index is -0.0417. The van der Waals surface area contributed by atoms with E-state index in [2.05, 4.69) is 5.92 Å². The maximum atomic E-state index is 6.60. The summed E-state index contributed by atoms with van der Waals surface area (Å²) in [6.07, 6.45) is 6.60. The fourth-order valence-electron chi connectivity index (χ4n) is 0. The molecule has 1 heteroatoms. The van der Waals surface area contributed by atoms with Gasteiger partial charge >= 0.3 is 0 Å². The van der Waals surface area contributed by atoms with Crippen LogP contribution < -0.4 is 0 Å². The van der Waals surface area contributed by atoms with Crippen molar-refractivity contribution in [3.63, 3.8) is 0 Å². The van der Waals surface area contributed by atoms with Gasteiger partial charge in [-0.2, -0.15) is 0 Å². The van der Waals surface area contributed by atoms with E-state index in [0.29, 0.717) is 0 Å². The van der Waals surface area contributed by atoms with Gasteiger partial charge in [-0.15, -0.1) is 0 Å². The molecule has 0 bridgehead atoms. The van der Waals surface area contributed by atoms with Gasteiger partial charge in [-0.3, -0.25) is 0 Å². The molecule has 43 valence electrons. The predicted molar refractivity (Wildman–Crippen MR) is 38.7 cm³/mol. The zero-order valence-electron chi connectivity index (χ0n) is 5.00. The predicted octanol–water partition coefficient (Wildman–Crippen LogP) is 1.98.